The molecule has 2 aromatic rings. The summed E-state index contributed by atoms with van der Waals surface area (Å²) in [6.07, 6.45) is 4.07. The number of aryl methyl sites for hydroxylation is 1. The number of hydrogen-bond donors (Lipinski definition) is 1. The second-order valence-electron chi connectivity index (χ2n) is 7.90. The summed E-state index contributed by atoms with van der Waals surface area (Å²) in [5.74, 6) is -0.180. The van der Waals surface area contributed by atoms with Gasteiger partial charge in [-0.1, -0.05) is 19.1 Å². The van der Waals surface area contributed by atoms with Crippen LogP contribution in [0.4, 0.5) is 11.4 Å². The van der Waals surface area contributed by atoms with Crippen LogP contribution in [0, 0.1) is 0 Å². The van der Waals surface area contributed by atoms with Gasteiger partial charge in [-0.2, -0.15) is 0 Å². The van der Waals surface area contributed by atoms with E-state index in [0.29, 0.717) is 22.7 Å². The van der Waals surface area contributed by atoms with Crippen molar-refractivity contribution in [2.24, 2.45) is 0 Å². The lowest BCUT2D eigenvalue weighted by molar-refractivity contribution is -0.123. The third kappa shape index (κ3) is 4.71. The fourth-order valence-electron chi connectivity index (χ4n) is 3.96. The van der Waals surface area contributed by atoms with Gasteiger partial charge in [0, 0.05) is 24.3 Å². The number of amides is 3. The zero-order valence-corrected chi connectivity index (χ0v) is 17.7. The number of piperidine rings is 1. The van der Waals surface area contributed by atoms with Gasteiger partial charge in [0.25, 0.3) is 11.8 Å². The molecule has 2 aromatic carbocycles. The molecule has 0 saturated carbocycles. The number of benzene rings is 2. The van der Waals surface area contributed by atoms with Crippen molar-refractivity contribution in [1.29, 1.82) is 0 Å². The van der Waals surface area contributed by atoms with E-state index in [1.807, 2.05) is 29.2 Å². The van der Waals surface area contributed by atoms with Gasteiger partial charge in [-0.15, -0.1) is 0 Å². The highest BCUT2D eigenvalue weighted by atomic mass is 16.5. The van der Waals surface area contributed by atoms with Crippen molar-refractivity contribution in [1.82, 2.24) is 4.90 Å². The number of anilines is 2. The SMILES string of the molecule is CCc1ccc(NC(=O)CN2C(=O)COc3ccc(C(=O)N4CCCCC4)cc32)cc1. The third-order valence-corrected chi connectivity index (χ3v) is 5.74. The molecule has 7 heteroatoms. The predicted octanol–water partition coefficient (Wildman–Crippen LogP) is 3.24. The number of fused-ring (bicyclic) bond motifs is 1. The molecular weight excluding hydrogens is 394 g/mol. The number of ether oxygens (including phenoxy) is 1. The Kier molecular flexibility index (Phi) is 6.21. The molecule has 2 heterocycles. The monoisotopic (exact) mass is 421 g/mol. The number of nitrogens with zero attached hydrogens (tertiary/aromatic N) is 2. The Hall–Kier alpha value is -3.35. The van der Waals surface area contributed by atoms with Crippen molar-refractivity contribution < 1.29 is 19.1 Å². The normalized spacial score (nSPS) is 15.8. The number of carbonyl (C=O) groups is 3. The van der Waals surface area contributed by atoms with Gasteiger partial charge in [-0.3, -0.25) is 19.3 Å². The van der Waals surface area contributed by atoms with Crippen LogP contribution in [0.2, 0.25) is 0 Å². The number of carbonyl (C=O) groups excluding carboxylic acids is 3. The van der Waals surface area contributed by atoms with E-state index in [4.69, 9.17) is 4.74 Å². The van der Waals surface area contributed by atoms with E-state index in [1.54, 1.807) is 18.2 Å². The smallest absolute Gasteiger partial charge is 0.265 e. The standard InChI is InChI=1S/C24H27N3O4/c1-2-17-6-9-19(10-7-17)25-22(28)15-27-20-14-18(8-11-21(20)31-16-23(27)29)24(30)26-12-4-3-5-13-26/h6-11,14H,2-5,12-13,15-16H2,1H3,(H,25,28). The molecule has 0 aliphatic carbocycles. The molecule has 4 rings (SSSR count). The average molecular weight is 421 g/mol. The molecule has 2 aliphatic heterocycles. The Labute approximate surface area is 182 Å². The summed E-state index contributed by atoms with van der Waals surface area (Å²) >= 11 is 0. The van der Waals surface area contributed by atoms with Crippen molar-refractivity contribution in [2.45, 2.75) is 32.6 Å². The van der Waals surface area contributed by atoms with Gasteiger partial charge in [-0.25, -0.2) is 0 Å². The summed E-state index contributed by atoms with van der Waals surface area (Å²) in [6.45, 7) is 3.28. The molecule has 0 unspecified atom stereocenters. The Bertz CT molecular complexity index is 981. The van der Waals surface area contributed by atoms with Crippen LogP contribution in [0.3, 0.4) is 0 Å². The molecule has 7 nitrogen and oxygen atoms in total. The molecule has 0 radical (unpaired) electrons. The van der Waals surface area contributed by atoms with E-state index in [0.717, 1.165) is 38.8 Å². The molecule has 31 heavy (non-hydrogen) atoms. The van der Waals surface area contributed by atoms with Crippen LogP contribution in [0.25, 0.3) is 0 Å². The van der Waals surface area contributed by atoms with Gasteiger partial charge in [0.05, 0.1) is 5.69 Å². The van der Waals surface area contributed by atoms with Crippen molar-refractivity contribution in [3.8, 4) is 5.75 Å². The number of hydrogen-bond acceptors (Lipinski definition) is 4. The Balaban J connectivity index is 1.51. The van der Waals surface area contributed by atoms with Crippen LogP contribution in [0.5, 0.6) is 5.75 Å². The minimum Gasteiger partial charge on any atom is -0.482 e. The first-order valence-corrected chi connectivity index (χ1v) is 10.8. The van der Waals surface area contributed by atoms with Crippen molar-refractivity contribution in [3.05, 3.63) is 53.6 Å². The predicted molar refractivity (Wildman–Crippen MR) is 118 cm³/mol. The molecule has 0 bridgehead atoms. The average Bonchev–Trinajstić information content (AvgIpc) is 2.81. The molecule has 162 valence electrons. The van der Waals surface area contributed by atoms with Crippen molar-refractivity contribution >= 4 is 29.1 Å². The highest BCUT2D eigenvalue weighted by Gasteiger charge is 2.29. The Morgan fingerprint density at radius 2 is 1.77 bits per heavy atom. The van der Waals surface area contributed by atoms with Crippen molar-refractivity contribution in [2.75, 3.05) is 36.5 Å². The first-order chi connectivity index (χ1) is 15.0. The van der Waals surface area contributed by atoms with Crippen LogP contribution in [-0.4, -0.2) is 48.9 Å². The summed E-state index contributed by atoms with van der Waals surface area (Å²) in [5.41, 5.74) is 2.81. The second-order valence-corrected chi connectivity index (χ2v) is 7.90. The highest BCUT2D eigenvalue weighted by molar-refractivity contribution is 6.06. The molecule has 3 amide bonds. The topological polar surface area (TPSA) is 79.0 Å². The second kappa shape index (κ2) is 9.20. The van der Waals surface area contributed by atoms with Gasteiger partial charge in [-0.05, 0) is 61.6 Å². The summed E-state index contributed by atoms with van der Waals surface area (Å²) in [6, 6.07) is 12.7. The summed E-state index contributed by atoms with van der Waals surface area (Å²) < 4.78 is 5.52. The molecule has 0 spiro atoms. The zero-order valence-electron chi connectivity index (χ0n) is 17.7. The van der Waals surface area contributed by atoms with Crippen LogP contribution < -0.4 is 15.0 Å². The zero-order chi connectivity index (χ0) is 21.8. The summed E-state index contributed by atoms with van der Waals surface area (Å²) in [7, 11) is 0. The van der Waals surface area contributed by atoms with Crippen molar-refractivity contribution in [3.63, 3.8) is 0 Å². The summed E-state index contributed by atoms with van der Waals surface area (Å²) in [5, 5.41) is 2.83. The maximum atomic E-state index is 12.9. The van der Waals surface area contributed by atoms with Crippen LogP contribution >= 0.6 is 0 Å². The number of rotatable bonds is 5. The highest BCUT2D eigenvalue weighted by Crippen LogP contribution is 2.33. The lowest BCUT2D eigenvalue weighted by atomic mass is 10.1. The van der Waals surface area contributed by atoms with Gasteiger partial charge >= 0.3 is 0 Å². The van der Waals surface area contributed by atoms with Gasteiger partial charge in [0.1, 0.15) is 12.3 Å². The maximum absolute atomic E-state index is 12.9. The minimum absolute atomic E-state index is 0.0547. The van der Waals surface area contributed by atoms with E-state index in [1.165, 1.54) is 10.5 Å². The lowest BCUT2D eigenvalue weighted by Crippen LogP contribution is -2.43. The van der Waals surface area contributed by atoms with Crippen LogP contribution in [0.15, 0.2) is 42.5 Å². The molecular formula is C24H27N3O4. The molecule has 2 aliphatic rings. The molecule has 1 saturated heterocycles. The van der Waals surface area contributed by atoms with Gasteiger partial charge in [0.15, 0.2) is 6.61 Å². The van der Waals surface area contributed by atoms with Crippen LogP contribution in [-0.2, 0) is 16.0 Å². The van der Waals surface area contributed by atoms with E-state index >= 15 is 0 Å². The molecule has 1 fully saturated rings. The first kappa shape index (κ1) is 20.9. The lowest BCUT2D eigenvalue weighted by Gasteiger charge is -2.30. The van der Waals surface area contributed by atoms with E-state index in [9.17, 15) is 14.4 Å². The Morgan fingerprint density at radius 3 is 2.48 bits per heavy atom. The molecule has 1 N–H and O–H groups in total. The fourth-order valence-corrected chi connectivity index (χ4v) is 3.96. The summed E-state index contributed by atoms with van der Waals surface area (Å²) in [4.78, 5) is 41.3. The Morgan fingerprint density at radius 1 is 1.03 bits per heavy atom. The van der Waals surface area contributed by atoms with Crippen LogP contribution in [0.1, 0.15) is 42.1 Å². The quantitative estimate of drug-likeness (QED) is 0.804. The number of nitrogens with one attached hydrogen (secondary N) is 1. The minimum atomic E-state index is -0.313. The van der Waals surface area contributed by atoms with Gasteiger partial charge < -0.3 is 15.0 Å². The largest absolute Gasteiger partial charge is 0.482 e. The fraction of sp³-hybridized carbons (Fsp3) is 0.375. The first-order valence-electron chi connectivity index (χ1n) is 10.8. The van der Waals surface area contributed by atoms with E-state index in [-0.39, 0.29) is 30.9 Å². The van der Waals surface area contributed by atoms with E-state index < -0.39 is 0 Å². The van der Waals surface area contributed by atoms with Gasteiger partial charge in [0.2, 0.25) is 5.91 Å². The maximum Gasteiger partial charge on any atom is 0.265 e. The third-order valence-electron chi connectivity index (χ3n) is 5.74. The molecule has 0 aromatic heterocycles. The number of likely N-dealkylation sites (tertiary alicyclic amines) is 1. The molecule has 0 atom stereocenters. The van der Waals surface area contributed by atoms with E-state index in [2.05, 4.69) is 12.2 Å².